The molecule has 1 rings (SSSR count). The van der Waals surface area contributed by atoms with Gasteiger partial charge in [0.05, 0.1) is 0 Å². The van der Waals surface area contributed by atoms with Gasteiger partial charge in [-0.1, -0.05) is 6.92 Å². The van der Waals surface area contributed by atoms with Gasteiger partial charge in [-0.15, -0.1) is 0 Å². The Morgan fingerprint density at radius 1 is 1.50 bits per heavy atom. The van der Waals surface area contributed by atoms with Crippen molar-refractivity contribution in [1.29, 1.82) is 0 Å². The van der Waals surface area contributed by atoms with E-state index in [4.69, 9.17) is 5.84 Å². The lowest BCUT2D eigenvalue weighted by atomic mass is 10.4. The van der Waals surface area contributed by atoms with Gasteiger partial charge in [-0.05, 0) is 19.3 Å². The second kappa shape index (κ2) is 4.30. The maximum atomic E-state index is 11.5. The number of nitrogens with two attached hydrogens (primary N) is 1. The third-order valence-electron chi connectivity index (χ3n) is 2.09. The fourth-order valence-electron chi connectivity index (χ4n) is 1.43. The van der Waals surface area contributed by atoms with Crippen molar-refractivity contribution in [2.24, 2.45) is 5.84 Å². The molecule has 1 aliphatic heterocycles. The number of hydrogen-bond acceptors (Lipinski definition) is 2. The van der Waals surface area contributed by atoms with Crippen molar-refractivity contribution in [3.8, 4) is 0 Å². The average molecular weight is 171 g/mol. The van der Waals surface area contributed by atoms with Gasteiger partial charge in [-0.3, -0.25) is 5.01 Å². The van der Waals surface area contributed by atoms with Crippen LogP contribution in [0, 0.1) is 0 Å². The van der Waals surface area contributed by atoms with Crippen molar-refractivity contribution < 1.29 is 4.79 Å². The molecule has 2 N–H and O–H groups in total. The van der Waals surface area contributed by atoms with Crippen LogP contribution < -0.4 is 5.84 Å². The molecule has 0 unspecified atom stereocenters. The number of hydrogen-bond donors (Lipinski definition) is 1. The lowest BCUT2D eigenvalue weighted by molar-refractivity contribution is 0.163. The van der Waals surface area contributed by atoms with Crippen molar-refractivity contribution in [3.05, 3.63) is 0 Å². The molecule has 0 aromatic heterocycles. The summed E-state index contributed by atoms with van der Waals surface area (Å²) in [5, 5.41) is 1.31. The van der Waals surface area contributed by atoms with E-state index in [2.05, 4.69) is 0 Å². The summed E-state index contributed by atoms with van der Waals surface area (Å²) in [5.74, 6) is 5.55. The summed E-state index contributed by atoms with van der Waals surface area (Å²) in [7, 11) is 0. The molecule has 0 aromatic carbocycles. The molecule has 0 radical (unpaired) electrons. The van der Waals surface area contributed by atoms with E-state index < -0.39 is 0 Å². The Labute approximate surface area is 73.3 Å². The maximum absolute atomic E-state index is 11.5. The van der Waals surface area contributed by atoms with E-state index in [1.807, 2.05) is 11.8 Å². The van der Waals surface area contributed by atoms with Gasteiger partial charge >= 0.3 is 6.03 Å². The molecule has 0 aromatic rings. The smallest absolute Gasteiger partial charge is 0.324 e. The van der Waals surface area contributed by atoms with E-state index in [1.165, 1.54) is 5.01 Å². The fraction of sp³-hybridized carbons (Fsp3) is 0.875. The van der Waals surface area contributed by atoms with Gasteiger partial charge in [-0.25, -0.2) is 10.6 Å². The third-order valence-corrected chi connectivity index (χ3v) is 2.09. The minimum Gasteiger partial charge on any atom is -0.324 e. The second-order valence-electron chi connectivity index (χ2n) is 3.17. The van der Waals surface area contributed by atoms with E-state index >= 15 is 0 Å². The van der Waals surface area contributed by atoms with E-state index in [0.29, 0.717) is 6.54 Å². The summed E-state index contributed by atoms with van der Waals surface area (Å²) in [5.41, 5.74) is 0. The SMILES string of the molecule is CCCN(N)C(=O)N1CCCC1. The van der Waals surface area contributed by atoms with E-state index in [-0.39, 0.29) is 6.03 Å². The van der Waals surface area contributed by atoms with Crippen molar-refractivity contribution in [2.75, 3.05) is 19.6 Å². The first-order valence-corrected chi connectivity index (χ1v) is 4.57. The van der Waals surface area contributed by atoms with Gasteiger partial charge in [0, 0.05) is 19.6 Å². The molecular formula is C8H17N3O. The highest BCUT2D eigenvalue weighted by molar-refractivity contribution is 5.73. The Morgan fingerprint density at radius 2 is 2.08 bits per heavy atom. The Balaban J connectivity index is 2.34. The van der Waals surface area contributed by atoms with Crippen LogP contribution in [-0.4, -0.2) is 35.6 Å². The Kier molecular flexibility index (Phi) is 3.34. The highest BCUT2D eigenvalue weighted by Gasteiger charge is 2.20. The van der Waals surface area contributed by atoms with Crippen LogP contribution in [0.2, 0.25) is 0 Å². The zero-order valence-corrected chi connectivity index (χ0v) is 7.62. The van der Waals surface area contributed by atoms with Crippen molar-refractivity contribution in [1.82, 2.24) is 9.91 Å². The fourth-order valence-corrected chi connectivity index (χ4v) is 1.43. The molecule has 2 amide bonds. The van der Waals surface area contributed by atoms with Gasteiger partial charge in [0.15, 0.2) is 0 Å². The summed E-state index contributed by atoms with van der Waals surface area (Å²) in [6.45, 7) is 4.40. The lowest BCUT2D eigenvalue weighted by Gasteiger charge is -2.22. The minimum absolute atomic E-state index is 0.0191. The summed E-state index contributed by atoms with van der Waals surface area (Å²) >= 11 is 0. The topological polar surface area (TPSA) is 49.6 Å². The largest absolute Gasteiger partial charge is 0.334 e. The molecule has 4 nitrogen and oxygen atoms in total. The van der Waals surface area contributed by atoms with E-state index in [1.54, 1.807) is 0 Å². The first kappa shape index (κ1) is 9.32. The predicted octanol–water partition coefficient (Wildman–Crippen LogP) is 0.788. The molecule has 0 aliphatic carbocycles. The van der Waals surface area contributed by atoms with E-state index in [0.717, 1.165) is 32.4 Å². The third kappa shape index (κ3) is 2.11. The van der Waals surface area contributed by atoms with Crippen LogP contribution in [0.3, 0.4) is 0 Å². The Bertz CT molecular complexity index is 154. The minimum atomic E-state index is -0.0191. The Morgan fingerprint density at radius 3 is 2.58 bits per heavy atom. The lowest BCUT2D eigenvalue weighted by Crippen LogP contribution is -2.46. The first-order chi connectivity index (χ1) is 5.75. The van der Waals surface area contributed by atoms with E-state index in [9.17, 15) is 4.79 Å². The van der Waals surface area contributed by atoms with Crippen LogP contribution >= 0.6 is 0 Å². The number of carbonyl (C=O) groups excluding carboxylic acids is 1. The number of rotatable bonds is 2. The zero-order chi connectivity index (χ0) is 8.97. The van der Waals surface area contributed by atoms with Gasteiger partial charge in [0.2, 0.25) is 0 Å². The molecule has 1 aliphatic rings. The number of hydrazine groups is 1. The number of urea groups is 1. The molecule has 0 bridgehead atoms. The highest BCUT2D eigenvalue weighted by atomic mass is 16.2. The molecule has 12 heavy (non-hydrogen) atoms. The van der Waals surface area contributed by atoms with Gasteiger partial charge in [0.1, 0.15) is 0 Å². The predicted molar refractivity (Wildman–Crippen MR) is 47.4 cm³/mol. The second-order valence-corrected chi connectivity index (χ2v) is 3.17. The van der Waals surface area contributed by atoms with Crippen LogP contribution in [-0.2, 0) is 0 Å². The van der Waals surface area contributed by atoms with Crippen molar-refractivity contribution in [3.63, 3.8) is 0 Å². The van der Waals surface area contributed by atoms with Crippen molar-refractivity contribution in [2.45, 2.75) is 26.2 Å². The molecule has 0 saturated carbocycles. The van der Waals surface area contributed by atoms with Crippen LogP contribution in [0.4, 0.5) is 4.79 Å². The van der Waals surface area contributed by atoms with Gasteiger partial charge < -0.3 is 4.90 Å². The zero-order valence-electron chi connectivity index (χ0n) is 7.62. The van der Waals surface area contributed by atoms with Crippen LogP contribution in [0.15, 0.2) is 0 Å². The number of amides is 2. The standard InChI is InChI=1S/C8H17N3O/c1-2-5-11(9)8(12)10-6-3-4-7-10/h2-7,9H2,1H3. The molecule has 4 heteroatoms. The monoisotopic (exact) mass is 171 g/mol. The first-order valence-electron chi connectivity index (χ1n) is 4.57. The normalized spacial score (nSPS) is 16.7. The molecule has 1 fully saturated rings. The number of likely N-dealkylation sites (tertiary alicyclic amines) is 1. The number of nitrogens with zero attached hydrogens (tertiary/aromatic N) is 2. The maximum Gasteiger partial charge on any atom is 0.334 e. The highest BCUT2D eigenvalue weighted by Crippen LogP contribution is 2.08. The average Bonchev–Trinajstić information content (AvgIpc) is 2.55. The molecule has 0 atom stereocenters. The van der Waals surface area contributed by atoms with Crippen LogP contribution in [0.1, 0.15) is 26.2 Å². The summed E-state index contributed by atoms with van der Waals surface area (Å²) in [6.07, 6.45) is 3.15. The molecule has 70 valence electrons. The van der Waals surface area contributed by atoms with Gasteiger partial charge in [-0.2, -0.15) is 0 Å². The van der Waals surface area contributed by atoms with Crippen LogP contribution in [0.5, 0.6) is 0 Å². The summed E-state index contributed by atoms with van der Waals surface area (Å²) in [4.78, 5) is 13.3. The molecular weight excluding hydrogens is 154 g/mol. The summed E-state index contributed by atoms with van der Waals surface area (Å²) < 4.78 is 0. The van der Waals surface area contributed by atoms with Crippen molar-refractivity contribution >= 4 is 6.03 Å². The molecule has 1 heterocycles. The number of carbonyl (C=O) groups is 1. The van der Waals surface area contributed by atoms with Gasteiger partial charge in [0.25, 0.3) is 0 Å². The molecule has 0 spiro atoms. The molecule has 1 saturated heterocycles. The van der Waals surface area contributed by atoms with Crippen LogP contribution in [0.25, 0.3) is 0 Å². The Hall–Kier alpha value is -0.770. The summed E-state index contributed by atoms with van der Waals surface area (Å²) in [6, 6.07) is -0.0191. The quantitative estimate of drug-likeness (QED) is 0.379.